The molecule has 0 unspecified atom stereocenters. The van der Waals surface area contributed by atoms with Crippen molar-refractivity contribution in [2.24, 2.45) is 0 Å². The first kappa shape index (κ1) is 20.4. The quantitative estimate of drug-likeness (QED) is 0.454. The predicted octanol–water partition coefficient (Wildman–Crippen LogP) is 4.13. The number of carbonyl (C=O) groups is 1. The van der Waals surface area contributed by atoms with Gasteiger partial charge in [-0.15, -0.1) is 0 Å². The maximum Gasteiger partial charge on any atom is 0.259 e. The molecule has 8 heteroatoms. The number of nitrogens with zero attached hydrogens (tertiary/aromatic N) is 3. The highest BCUT2D eigenvalue weighted by Gasteiger charge is 2.23. The van der Waals surface area contributed by atoms with Crippen LogP contribution in [0.25, 0.3) is 22.8 Å². The van der Waals surface area contributed by atoms with Crippen molar-refractivity contribution in [1.82, 2.24) is 20.0 Å². The van der Waals surface area contributed by atoms with E-state index < -0.39 is 0 Å². The van der Waals surface area contributed by atoms with Gasteiger partial charge >= 0.3 is 0 Å². The van der Waals surface area contributed by atoms with E-state index in [1.54, 1.807) is 12.3 Å². The van der Waals surface area contributed by atoms with Gasteiger partial charge in [0.1, 0.15) is 6.54 Å². The Morgan fingerprint density at radius 2 is 2.00 bits per heavy atom. The monoisotopic (exact) mass is 490 g/mol. The molecule has 2 aromatic carbocycles. The van der Waals surface area contributed by atoms with Crippen LogP contribution in [0, 0.1) is 0 Å². The molecule has 0 aliphatic heterocycles. The second-order valence-corrected chi connectivity index (χ2v) is 8.59. The number of carbonyl (C=O) groups excluding carboxylic acids is 1. The van der Waals surface area contributed by atoms with E-state index in [0.29, 0.717) is 11.4 Å². The summed E-state index contributed by atoms with van der Waals surface area (Å²) in [5.41, 5.74) is 3.50. The van der Waals surface area contributed by atoms with Crippen LogP contribution in [-0.2, 0) is 17.8 Å². The van der Waals surface area contributed by atoms with E-state index in [4.69, 9.17) is 4.52 Å². The van der Waals surface area contributed by atoms with Crippen molar-refractivity contribution in [1.29, 1.82) is 0 Å². The molecule has 0 bridgehead atoms. The van der Waals surface area contributed by atoms with Crippen LogP contribution >= 0.6 is 15.9 Å². The number of halogens is 1. The third-order valence-electron chi connectivity index (χ3n) is 5.52. The maximum atomic E-state index is 12.7. The Labute approximate surface area is 192 Å². The second-order valence-electron chi connectivity index (χ2n) is 7.67. The molecule has 1 aliphatic rings. The van der Waals surface area contributed by atoms with Gasteiger partial charge in [-0.05, 0) is 42.2 Å². The number of hydrogen-bond donors (Lipinski definition) is 1. The van der Waals surface area contributed by atoms with Gasteiger partial charge in [-0.3, -0.25) is 9.59 Å². The molecule has 1 aliphatic carbocycles. The van der Waals surface area contributed by atoms with E-state index in [1.165, 1.54) is 16.2 Å². The van der Waals surface area contributed by atoms with Crippen LogP contribution < -0.4 is 10.9 Å². The molecular weight excluding hydrogens is 472 g/mol. The summed E-state index contributed by atoms with van der Waals surface area (Å²) in [7, 11) is 0. The second kappa shape index (κ2) is 8.55. The average molecular weight is 491 g/mol. The Kier molecular flexibility index (Phi) is 5.45. The summed E-state index contributed by atoms with van der Waals surface area (Å²) in [6, 6.07) is 18.7. The van der Waals surface area contributed by atoms with Crippen molar-refractivity contribution in [3.8, 4) is 22.8 Å². The number of nitrogens with one attached hydrogen (secondary N) is 1. The number of aromatic nitrogens is 3. The Morgan fingerprint density at radius 3 is 2.88 bits per heavy atom. The van der Waals surface area contributed by atoms with Crippen molar-refractivity contribution in [2.75, 3.05) is 0 Å². The van der Waals surface area contributed by atoms with Gasteiger partial charge in [-0.1, -0.05) is 57.5 Å². The van der Waals surface area contributed by atoms with Crippen molar-refractivity contribution in [3.63, 3.8) is 0 Å². The van der Waals surface area contributed by atoms with Gasteiger partial charge in [0.25, 0.3) is 11.4 Å². The summed E-state index contributed by atoms with van der Waals surface area (Å²) in [5.74, 6) is 0.502. The van der Waals surface area contributed by atoms with E-state index in [2.05, 4.69) is 37.5 Å². The molecule has 0 radical (unpaired) electrons. The number of benzene rings is 2. The average Bonchev–Trinajstić information content (AvgIpc) is 3.43. The Bertz CT molecular complexity index is 1360. The van der Waals surface area contributed by atoms with Gasteiger partial charge in [0.2, 0.25) is 11.7 Å². The first-order valence-electron chi connectivity index (χ1n) is 10.2. The van der Waals surface area contributed by atoms with E-state index in [1.807, 2.05) is 42.5 Å². The molecule has 7 nitrogen and oxygen atoms in total. The number of hydrogen-bond acceptors (Lipinski definition) is 5. The molecule has 2 heterocycles. The van der Waals surface area contributed by atoms with Crippen molar-refractivity contribution < 1.29 is 9.32 Å². The SMILES string of the molecule is O=C(Cn1cc(-c2nc(-c3cccc(Br)c3)no2)ccc1=O)N[C@@H]1CCc2ccccc21. The number of fused-ring (bicyclic) bond motifs is 1. The van der Waals surface area contributed by atoms with E-state index in [9.17, 15) is 9.59 Å². The molecule has 1 atom stereocenters. The highest BCUT2D eigenvalue weighted by molar-refractivity contribution is 9.10. The molecule has 1 amide bonds. The molecule has 32 heavy (non-hydrogen) atoms. The van der Waals surface area contributed by atoms with Crippen molar-refractivity contribution >= 4 is 21.8 Å². The lowest BCUT2D eigenvalue weighted by atomic mass is 10.1. The van der Waals surface area contributed by atoms with Crippen LogP contribution in [0.2, 0.25) is 0 Å². The maximum absolute atomic E-state index is 12.7. The molecule has 0 saturated carbocycles. The lowest BCUT2D eigenvalue weighted by molar-refractivity contribution is -0.122. The molecule has 2 aromatic heterocycles. The van der Waals surface area contributed by atoms with E-state index in [-0.39, 0.29) is 29.9 Å². The van der Waals surface area contributed by atoms with Gasteiger partial charge in [0.05, 0.1) is 11.6 Å². The zero-order valence-corrected chi connectivity index (χ0v) is 18.6. The molecule has 160 valence electrons. The molecule has 0 saturated heterocycles. The molecule has 4 aromatic rings. The zero-order valence-electron chi connectivity index (χ0n) is 17.0. The van der Waals surface area contributed by atoms with Crippen LogP contribution in [-0.4, -0.2) is 20.6 Å². The Hall–Kier alpha value is -3.52. The smallest absolute Gasteiger partial charge is 0.259 e. The Balaban J connectivity index is 1.33. The molecule has 0 spiro atoms. The minimum Gasteiger partial charge on any atom is -0.348 e. The highest BCUT2D eigenvalue weighted by atomic mass is 79.9. The molecule has 0 fully saturated rings. The van der Waals surface area contributed by atoms with Crippen LogP contribution in [0.1, 0.15) is 23.6 Å². The van der Waals surface area contributed by atoms with Crippen LogP contribution in [0.15, 0.2) is 80.7 Å². The number of rotatable bonds is 5. The number of pyridine rings is 1. The standard InChI is InChI=1S/C24H19BrN4O3/c25-18-6-3-5-16(12-18)23-27-24(32-28-23)17-9-11-22(31)29(13-17)14-21(30)26-20-10-8-15-4-1-2-7-19(15)20/h1-7,9,11-13,20H,8,10,14H2,(H,26,30)/t20-/m1/s1. The van der Waals surface area contributed by atoms with Crippen LogP contribution in [0.3, 0.4) is 0 Å². The summed E-state index contributed by atoms with van der Waals surface area (Å²) in [5, 5.41) is 7.08. The fourth-order valence-corrected chi connectivity index (χ4v) is 4.37. The van der Waals surface area contributed by atoms with Gasteiger partial charge in [-0.25, -0.2) is 0 Å². The molecule has 5 rings (SSSR count). The summed E-state index contributed by atoms with van der Waals surface area (Å²) in [6.45, 7) is -0.0854. The summed E-state index contributed by atoms with van der Waals surface area (Å²) < 4.78 is 7.66. The van der Waals surface area contributed by atoms with Crippen LogP contribution in [0.5, 0.6) is 0 Å². The Morgan fingerprint density at radius 1 is 1.12 bits per heavy atom. The number of aryl methyl sites for hydroxylation is 1. The third kappa shape index (κ3) is 4.13. The summed E-state index contributed by atoms with van der Waals surface area (Å²) >= 11 is 3.43. The lowest BCUT2D eigenvalue weighted by Crippen LogP contribution is -2.33. The summed E-state index contributed by atoms with van der Waals surface area (Å²) in [4.78, 5) is 29.5. The normalized spacial score (nSPS) is 14.8. The fourth-order valence-electron chi connectivity index (χ4n) is 3.97. The summed E-state index contributed by atoms with van der Waals surface area (Å²) in [6.07, 6.45) is 3.37. The highest BCUT2D eigenvalue weighted by Crippen LogP contribution is 2.30. The lowest BCUT2D eigenvalue weighted by Gasteiger charge is -2.15. The fraction of sp³-hybridized carbons (Fsp3) is 0.167. The van der Waals surface area contributed by atoms with E-state index >= 15 is 0 Å². The van der Waals surface area contributed by atoms with Gasteiger partial charge in [0, 0.05) is 22.3 Å². The molecule has 1 N–H and O–H groups in total. The largest absolute Gasteiger partial charge is 0.348 e. The zero-order chi connectivity index (χ0) is 22.1. The third-order valence-corrected chi connectivity index (χ3v) is 6.01. The van der Waals surface area contributed by atoms with Crippen LogP contribution in [0.4, 0.5) is 0 Å². The first-order valence-corrected chi connectivity index (χ1v) is 11.0. The van der Waals surface area contributed by atoms with Crippen molar-refractivity contribution in [2.45, 2.75) is 25.4 Å². The molecular formula is C24H19BrN4O3. The van der Waals surface area contributed by atoms with Crippen molar-refractivity contribution in [3.05, 3.63) is 92.8 Å². The van der Waals surface area contributed by atoms with E-state index in [0.717, 1.165) is 28.4 Å². The minimum absolute atomic E-state index is 0.0266. The first-order chi connectivity index (χ1) is 15.6. The van der Waals surface area contributed by atoms with Gasteiger partial charge in [0.15, 0.2) is 0 Å². The predicted molar refractivity (Wildman–Crippen MR) is 123 cm³/mol. The number of amides is 1. The van der Waals surface area contributed by atoms with Gasteiger partial charge in [-0.2, -0.15) is 4.98 Å². The minimum atomic E-state index is -0.276. The topological polar surface area (TPSA) is 90.0 Å². The van der Waals surface area contributed by atoms with Gasteiger partial charge < -0.3 is 14.4 Å².